The minimum absolute atomic E-state index is 0.234. The maximum Gasteiger partial charge on any atom is 0.310 e. The van der Waals surface area contributed by atoms with E-state index in [9.17, 15) is 4.79 Å². The van der Waals surface area contributed by atoms with Gasteiger partial charge in [-0.25, -0.2) is 0 Å². The zero-order valence-corrected chi connectivity index (χ0v) is 6.24. The van der Waals surface area contributed by atoms with E-state index in [2.05, 4.69) is 12.2 Å². The number of unbranched alkanes of at least 4 members (excludes halogenated alkanes) is 1. The number of nitrogens with one attached hydrogen (secondary N) is 1. The topological polar surface area (TPSA) is 29.1 Å². The van der Waals surface area contributed by atoms with E-state index in [0.29, 0.717) is 0 Å². The fraction of sp³-hybridized carbons (Fsp3) is 0.833. The Hall–Kier alpha value is -0.240. The summed E-state index contributed by atoms with van der Waals surface area (Å²) in [5.41, 5.74) is -0.234. The Morgan fingerprint density at radius 2 is 2.44 bits per heavy atom. The highest BCUT2D eigenvalue weighted by atomic mass is 35.5. The fourth-order valence-electron chi connectivity index (χ4n) is 0.519. The van der Waals surface area contributed by atoms with Crippen molar-refractivity contribution >= 4 is 18.0 Å². The first-order valence-corrected chi connectivity index (χ1v) is 3.51. The monoisotopic (exact) mass is 148 g/mol. The van der Waals surface area contributed by atoms with E-state index in [4.69, 9.17) is 11.6 Å². The number of alkyl halides is 1. The maximum absolute atomic E-state index is 9.66. The van der Waals surface area contributed by atoms with Gasteiger partial charge in [0.2, 0.25) is 0 Å². The van der Waals surface area contributed by atoms with Crippen LogP contribution in [0, 0.1) is 0 Å². The third-order valence-electron chi connectivity index (χ3n) is 1.03. The lowest BCUT2D eigenvalue weighted by Gasteiger charge is -2.03. The van der Waals surface area contributed by atoms with E-state index in [1.807, 2.05) is 0 Å². The van der Waals surface area contributed by atoms with Gasteiger partial charge in [-0.1, -0.05) is 31.4 Å². The summed E-state index contributed by atoms with van der Waals surface area (Å²) in [6.07, 6.45) is 4.52. The standard InChI is InChI=1S/C6H11ClNO/c1-2-3-4-6(7)8-5-9/h6H,2-4H2,1H3,(H,8,9). The number of hydrogen-bond acceptors (Lipinski definition) is 1. The van der Waals surface area contributed by atoms with E-state index in [1.54, 1.807) is 6.41 Å². The molecule has 0 aliphatic carbocycles. The van der Waals surface area contributed by atoms with Crippen molar-refractivity contribution in [2.24, 2.45) is 0 Å². The van der Waals surface area contributed by atoms with Crippen molar-refractivity contribution in [1.82, 2.24) is 5.32 Å². The molecule has 9 heavy (non-hydrogen) atoms. The zero-order valence-electron chi connectivity index (χ0n) is 5.48. The van der Waals surface area contributed by atoms with Crippen molar-refractivity contribution in [2.75, 3.05) is 0 Å². The second kappa shape index (κ2) is 5.89. The molecule has 0 saturated heterocycles. The van der Waals surface area contributed by atoms with Crippen LogP contribution in [0.1, 0.15) is 26.2 Å². The molecule has 0 spiro atoms. The van der Waals surface area contributed by atoms with Gasteiger partial charge in [-0.15, -0.1) is 0 Å². The summed E-state index contributed by atoms with van der Waals surface area (Å²) >= 11 is 5.59. The van der Waals surface area contributed by atoms with Crippen LogP contribution in [0.2, 0.25) is 0 Å². The van der Waals surface area contributed by atoms with Gasteiger partial charge in [0.15, 0.2) is 0 Å². The molecular formula is C6H11ClNO. The minimum atomic E-state index is -0.234. The molecule has 1 unspecified atom stereocenters. The summed E-state index contributed by atoms with van der Waals surface area (Å²) in [7, 11) is 0. The Balaban J connectivity index is 3.04. The molecule has 0 heterocycles. The SMILES string of the molecule is CCCCC(Cl)N[C]=O. The van der Waals surface area contributed by atoms with Gasteiger partial charge in [0, 0.05) is 0 Å². The van der Waals surface area contributed by atoms with Gasteiger partial charge in [-0.05, 0) is 6.42 Å². The van der Waals surface area contributed by atoms with Crippen LogP contribution in [-0.4, -0.2) is 11.9 Å². The Kier molecular flexibility index (Phi) is 5.73. The second-order valence-electron chi connectivity index (χ2n) is 1.86. The van der Waals surface area contributed by atoms with Crippen LogP contribution in [0.25, 0.3) is 0 Å². The highest BCUT2D eigenvalue weighted by Gasteiger charge is 1.99. The van der Waals surface area contributed by atoms with Crippen molar-refractivity contribution in [3.63, 3.8) is 0 Å². The molecule has 3 heteroatoms. The third-order valence-corrected chi connectivity index (χ3v) is 1.35. The summed E-state index contributed by atoms with van der Waals surface area (Å²) in [6.45, 7) is 2.08. The zero-order chi connectivity index (χ0) is 7.11. The maximum atomic E-state index is 9.66. The molecule has 1 amide bonds. The van der Waals surface area contributed by atoms with Crippen molar-refractivity contribution in [3.8, 4) is 0 Å². The molecular weight excluding hydrogens is 138 g/mol. The largest absolute Gasteiger partial charge is 0.332 e. The van der Waals surface area contributed by atoms with Gasteiger partial charge in [-0.3, -0.25) is 4.79 Å². The molecule has 0 saturated carbocycles. The van der Waals surface area contributed by atoms with Crippen LogP contribution in [0.4, 0.5) is 0 Å². The second-order valence-corrected chi connectivity index (χ2v) is 2.38. The smallest absolute Gasteiger partial charge is 0.310 e. The molecule has 53 valence electrons. The van der Waals surface area contributed by atoms with Crippen LogP contribution < -0.4 is 5.32 Å². The Bertz CT molecular complexity index is 77.5. The van der Waals surface area contributed by atoms with Crippen molar-refractivity contribution in [3.05, 3.63) is 0 Å². The Morgan fingerprint density at radius 1 is 1.78 bits per heavy atom. The lowest BCUT2D eigenvalue weighted by Crippen LogP contribution is -2.21. The lowest BCUT2D eigenvalue weighted by atomic mass is 10.2. The summed E-state index contributed by atoms with van der Waals surface area (Å²) < 4.78 is 0. The highest BCUT2D eigenvalue weighted by Crippen LogP contribution is 2.02. The molecule has 0 aliphatic rings. The molecule has 0 aliphatic heterocycles. The number of amides is 1. The number of hydrogen-bond donors (Lipinski definition) is 1. The molecule has 0 aromatic carbocycles. The van der Waals surface area contributed by atoms with Crippen LogP contribution in [0.3, 0.4) is 0 Å². The normalized spacial score (nSPS) is 12.7. The van der Waals surface area contributed by atoms with Gasteiger partial charge >= 0.3 is 6.41 Å². The minimum Gasteiger partial charge on any atom is -0.332 e. The quantitative estimate of drug-likeness (QED) is 0.357. The van der Waals surface area contributed by atoms with E-state index < -0.39 is 0 Å². The Labute approximate surface area is 60.6 Å². The summed E-state index contributed by atoms with van der Waals surface area (Å²) in [5, 5.41) is 2.34. The van der Waals surface area contributed by atoms with Crippen molar-refractivity contribution in [1.29, 1.82) is 0 Å². The summed E-state index contributed by atoms with van der Waals surface area (Å²) in [5.74, 6) is 0. The van der Waals surface area contributed by atoms with Gasteiger partial charge in [0.25, 0.3) is 0 Å². The summed E-state index contributed by atoms with van der Waals surface area (Å²) in [6, 6.07) is 0. The molecule has 1 radical (unpaired) electrons. The predicted octanol–water partition coefficient (Wildman–Crippen LogP) is 1.40. The molecule has 1 N–H and O–H groups in total. The van der Waals surface area contributed by atoms with E-state index in [-0.39, 0.29) is 5.50 Å². The average molecular weight is 149 g/mol. The number of carbonyl (C=O) groups excluding carboxylic acids is 1. The predicted molar refractivity (Wildman–Crippen MR) is 38.0 cm³/mol. The van der Waals surface area contributed by atoms with Crippen molar-refractivity contribution < 1.29 is 4.79 Å². The van der Waals surface area contributed by atoms with Crippen LogP contribution in [0.5, 0.6) is 0 Å². The summed E-state index contributed by atoms with van der Waals surface area (Å²) in [4.78, 5) is 9.66. The molecule has 0 fully saturated rings. The van der Waals surface area contributed by atoms with Crippen LogP contribution >= 0.6 is 11.6 Å². The van der Waals surface area contributed by atoms with Gasteiger partial charge in [0.1, 0.15) is 5.50 Å². The third kappa shape index (κ3) is 5.63. The molecule has 1 atom stereocenters. The van der Waals surface area contributed by atoms with Gasteiger partial charge in [0.05, 0.1) is 0 Å². The fourth-order valence-corrected chi connectivity index (χ4v) is 0.718. The van der Waals surface area contributed by atoms with Gasteiger partial charge in [-0.2, -0.15) is 0 Å². The first-order valence-electron chi connectivity index (χ1n) is 3.08. The highest BCUT2D eigenvalue weighted by molar-refractivity contribution is 6.20. The first kappa shape index (κ1) is 8.76. The Morgan fingerprint density at radius 3 is 2.89 bits per heavy atom. The molecule has 0 aromatic rings. The molecule has 0 aromatic heterocycles. The van der Waals surface area contributed by atoms with Crippen LogP contribution in [-0.2, 0) is 4.79 Å². The van der Waals surface area contributed by atoms with E-state index >= 15 is 0 Å². The van der Waals surface area contributed by atoms with E-state index in [1.165, 1.54) is 0 Å². The molecule has 0 bridgehead atoms. The molecule has 2 nitrogen and oxygen atoms in total. The van der Waals surface area contributed by atoms with Crippen molar-refractivity contribution in [2.45, 2.75) is 31.7 Å². The number of rotatable bonds is 5. The lowest BCUT2D eigenvalue weighted by molar-refractivity contribution is 0.531. The average Bonchev–Trinajstić information content (AvgIpc) is 1.85. The van der Waals surface area contributed by atoms with Gasteiger partial charge < -0.3 is 5.32 Å². The van der Waals surface area contributed by atoms with E-state index in [0.717, 1.165) is 19.3 Å². The van der Waals surface area contributed by atoms with Crippen LogP contribution in [0.15, 0.2) is 0 Å². The molecule has 0 rings (SSSR count). The first-order chi connectivity index (χ1) is 4.31. The number of halogens is 1.